The Morgan fingerprint density at radius 1 is 1.33 bits per heavy atom. The third kappa shape index (κ3) is 7.08. The van der Waals surface area contributed by atoms with Gasteiger partial charge in [-0.05, 0) is 44.9 Å². The fourth-order valence-corrected chi connectivity index (χ4v) is 3.82. The molecule has 1 aromatic rings. The van der Waals surface area contributed by atoms with Gasteiger partial charge < -0.3 is 14.8 Å². The monoisotopic (exact) mass is 509 g/mol. The number of halogens is 1. The molecule has 9 heteroatoms. The highest BCUT2D eigenvalue weighted by molar-refractivity contribution is 14.0. The number of likely N-dealkylation sites (tertiary alicyclic amines) is 1. The molecule has 1 unspecified atom stereocenters. The quantitative estimate of drug-likeness (QED) is 0.239. The molecule has 1 aromatic heterocycles. The van der Waals surface area contributed by atoms with E-state index in [-0.39, 0.29) is 24.0 Å². The van der Waals surface area contributed by atoms with Crippen LogP contribution in [-0.2, 0) is 13.6 Å². The number of aryl methyl sites for hydroxylation is 1. The van der Waals surface area contributed by atoms with E-state index in [1.54, 1.807) is 0 Å². The summed E-state index contributed by atoms with van der Waals surface area (Å²) in [6.45, 7) is 12.3. The largest absolute Gasteiger partial charge is 0.356 e. The maximum atomic E-state index is 4.88. The molecule has 1 saturated heterocycles. The van der Waals surface area contributed by atoms with Gasteiger partial charge in [0.2, 0.25) is 0 Å². The van der Waals surface area contributed by atoms with Crippen LogP contribution in [-0.4, -0.2) is 81.3 Å². The molecule has 0 radical (unpaired) electrons. The number of aromatic nitrogens is 3. The lowest BCUT2D eigenvalue weighted by atomic mass is 10.2. The summed E-state index contributed by atoms with van der Waals surface area (Å²) in [5.74, 6) is 4.02. The SMILES string of the molecule is CCN(CC)C1CCN(C(=NCc2nnc(C)n2C)NCCCSC)C1.I. The minimum Gasteiger partial charge on any atom is -0.356 e. The average molecular weight is 510 g/mol. The van der Waals surface area contributed by atoms with Crippen molar-refractivity contribution in [1.82, 2.24) is 29.9 Å². The van der Waals surface area contributed by atoms with Crippen LogP contribution in [0.5, 0.6) is 0 Å². The molecule has 1 aliphatic rings. The van der Waals surface area contributed by atoms with Crippen molar-refractivity contribution in [3.63, 3.8) is 0 Å². The Labute approximate surface area is 185 Å². The Kier molecular flexibility index (Phi) is 11.6. The fraction of sp³-hybridized carbons (Fsp3) is 0.833. The van der Waals surface area contributed by atoms with Gasteiger partial charge in [0.25, 0.3) is 0 Å². The van der Waals surface area contributed by atoms with Gasteiger partial charge in [0.05, 0.1) is 0 Å². The molecule has 0 aromatic carbocycles. The van der Waals surface area contributed by atoms with Crippen LogP contribution in [0.3, 0.4) is 0 Å². The number of nitrogens with zero attached hydrogens (tertiary/aromatic N) is 6. The number of hydrogen-bond donors (Lipinski definition) is 1. The smallest absolute Gasteiger partial charge is 0.194 e. The summed E-state index contributed by atoms with van der Waals surface area (Å²) in [6, 6.07) is 0.625. The normalized spacial score (nSPS) is 17.5. The average Bonchev–Trinajstić information content (AvgIpc) is 3.24. The summed E-state index contributed by atoms with van der Waals surface area (Å²) in [6.07, 6.45) is 4.51. The number of guanidine groups is 1. The molecule has 1 aliphatic heterocycles. The molecule has 1 atom stereocenters. The summed E-state index contributed by atoms with van der Waals surface area (Å²) in [7, 11) is 2.00. The first-order chi connectivity index (χ1) is 12.6. The maximum Gasteiger partial charge on any atom is 0.194 e. The highest BCUT2D eigenvalue weighted by atomic mass is 127. The minimum absolute atomic E-state index is 0. The molecule has 0 aliphatic carbocycles. The zero-order valence-corrected chi connectivity index (χ0v) is 20.6. The summed E-state index contributed by atoms with van der Waals surface area (Å²) >= 11 is 1.89. The summed E-state index contributed by atoms with van der Waals surface area (Å²) < 4.78 is 2.01. The van der Waals surface area contributed by atoms with E-state index in [4.69, 9.17) is 4.99 Å². The van der Waals surface area contributed by atoms with Crippen molar-refractivity contribution in [2.45, 2.75) is 46.2 Å². The second-order valence-electron chi connectivity index (χ2n) is 6.75. The predicted molar refractivity (Wildman–Crippen MR) is 126 cm³/mol. The molecule has 2 rings (SSSR count). The van der Waals surface area contributed by atoms with Gasteiger partial charge in [0.1, 0.15) is 12.4 Å². The molecule has 2 heterocycles. The van der Waals surface area contributed by atoms with Gasteiger partial charge in [0, 0.05) is 32.7 Å². The Morgan fingerprint density at radius 3 is 2.67 bits per heavy atom. The van der Waals surface area contributed by atoms with Crippen LogP contribution < -0.4 is 5.32 Å². The zero-order chi connectivity index (χ0) is 18.9. The number of thioether (sulfide) groups is 1. The van der Waals surface area contributed by atoms with E-state index in [0.29, 0.717) is 12.6 Å². The summed E-state index contributed by atoms with van der Waals surface area (Å²) in [4.78, 5) is 9.84. The lowest BCUT2D eigenvalue weighted by Crippen LogP contribution is -2.43. The lowest BCUT2D eigenvalue weighted by Gasteiger charge is -2.27. The second kappa shape index (κ2) is 12.8. The van der Waals surface area contributed by atoms with Crippen molar-refractivity contribution in [1.29, 1.82) is 0 Å². The maximum absolute atomic E-state index is 4.88. The third-order valence-corrected chi connectivity index (χ3v) is 5.85. The van der Waals surface area contributed by atoms with E-state index >= 15 is 0 Å². The highest BCUT2D eigenvalue weighted by Crippen LogP contribution is 2.16. The molecule has 1 N–H and O–H groups in total. The Morgan fingerprint density at radius 2 is 2.07 bits per heavy atom. The van der Waals surface area contributed by atoms with E-state index in [1.807, 2.05) is 30.3 Å². The molecule has 7 nitrogen and oxygen atoms in total. The van der Waals surface area contributed by atoms with E-state index in [1.165, 1.54) is 12.2 Å². The van der Waals surface area contributed by atoms with Crippen molar-refractivity contribution in [3.05, 3.63) is 11.6 Å². The Balaban J connectivity index is 0.00000364. The molecule has 1 fully saturated rings. The van der Waals surface area contributed by atoms with Crippen LogP contribution in [0.1, 0.15) is 38.3 Å². The Bertz CT molecular complexity index is 574. The van der Waals surface area contributed by atoms with Gasteiger partial charge in [-0.15, -0.1) is 34.2 Å². The van der Waals surface area contributed by atoms with E-state index < -0.39 is 0 Å². The van der Waals surface area contributed by atoms with Crippen molar-refractivity contribution in [3.8, 4) is 0 Å². The molecule has 0 bridgehead atoms. The summed E-state index contributed by atoms with van der Waals surface area (Å²) in [5.41, 5.74) is 0. The number of aliphatic imine (C=N–C) groups is 1. The van der Waals surface area contributed by atoms with Crippen LogP contribution in [0.15, 0.2) is 4.99 Å². The van der Waals surface area contributed by atoms with Gasteiger partial charge in [-0.1, -0.05) is 13.8 Å². The second-order valence-corrected chi connectivity index (χ2v) is 7.73. The van der Waals surface area contributed by atoms with Crippen LogP contribution in [0.4, 0.5) is 0 Å². The number of rotatable bonds is 9. The zero-order valence-electron chi connectivity index (χ0n) is 17.4. The molecule has 0 saturated carbocycles. The van der Waals surface area contributed by atoms with Crippen molar-refractivity contribution >= 4 is 41.7 Å². The van der Waals surface area contributed by atoms with E-state index in [9.17, 15) is 0 Å². The van der Waals surface area contributed by atoms with Crippen LogP contribution >= 0.6 is 35.7 Å². The van der Waals surface area contributed by atoms with Gasteiger partial charge >= 0.3 is 0 Å². The predicted octanol–water partition coefficient (Wildman–Crippen LogP) is 2.36. The van der Waals surface area contributed by atoms with Gasteiger partial charge in [-0.25, -0.2) is 4.99 Å². The Hall–Kier alpha value is -0.550. The van der Waals surface area contributed by atoms with Crippen molar-refractivity contribution in [2.24, 2.45) is 12.0 Å². The van der Waals surface area contributed by atoms with Gasteiger partial charge in [-0.3, -0.25) is 4.90 Å². The highest BCUT2D eigenvalue weighted by Gasteiger charge is 2.28. The van der Waals surface area contributed by atoms with Gasteiger partial charge in [-0.2, -0.15) is 11.8 Å². The fourth-order valence-electron chi connectivity index (χ4n) is 3.39. The first kappa shape index (κ1) is 24.5. The molecule has 156 valence electrons. The molecule has 0 amide bonds. The van der Waals surface area contributed by atoms with Crippen molar-refractivity contribution in [2.75, 3.05) is 44.7 Å². The van der Waals surface area contributed by atoms with E-state index in [0.717, 1.165) is 56.8 Å². The van der Waals surface area contributed by atoms with Crippen LogP contribution in [0.25, 0.3) is 0 Å². The molecular weight excluding hydrogens is 473 g/mol. The molecular formula is C18H36IN7S. The number of nitrogens with one attached hydrogen (secondary N) is 1. The van der Waals surface area contributed by atoms with E-state index in [2.05, 4.69) is 45.4 Å². The standard InChI is InChI=1S/C18H35N7S.HI/c1-6-24(7-2)16-9-11-25(14-16)18(19-10-8-12-26-5)20-13-17-22-21-15(3)23(17)4;/h16H,6-14H2,1-5H3,(H,19,20);1H. The number of hydrogen-bond acceptors (Lipinski definition) is 5. The summed E-state index contributed by atoms with van der Waals surface area (Å²) in [5, 5.41) is 12.0. The lowest BCUT2D eigenvalue weighted by molar-refractivity contribution is 0.223. The minimum atomic E-state index is 0. The molecule has 27 heavy (non-hydrogen) atoms. The third-order valence-electron chi connectivity index (χ3n) is 5.15. The van der Waals surface area contributed by atoms with Crippen LogP contribution in [0, 0.1) is 6.92 Å². The number of likely N-dealkylation sites (N-methyl/N-ethyl adjacent to an activating group) is 1. The first-order valence-corrected chi connectivity index (χ1v) is 11.1. The molecule has 0 spiro atoms. The van der Waals surface area contributed by atoms with Gasteiger partial charge in [0.15, 0.2) is 11.8 Å². The van der Waals surface area contributed by atoms with Crippen molar-refractivity contribution < 1.29 is 0 Å². The first-order valence-electron chi connectivity index (χ1n) is 9.71. The van der Waals surface area contributed by atoms with Crippen LogP contribution in [0.2, 0.25) is 0 Å². The topological polar surface area (TPSA) is 61.6 Å².